The van der Waals surface area contributed by atoms with Crippen molar-refractivity contribution in [1.29, 1.82) is 0 Å². The van der Waals surface area contributed by atoms with Gasteiger partial charge >= 0.3 is 0 Å². The summed E-state index contributed by atoms with van der Waals surface area (Å²) in [5, 5.41) is 23.5. The van der Waals surface area contributed by atoms with Gasteiger partial charge in [-0.15, -0.1) is 0 Å². The topological polar surface area (TPSA) is 406 Å². The van der Waals surface area contributed by atoms with Crippen LogP contribution < -0.4 is 69.8 Å². The first-order valence-electron chi connectivity index (χ1n) is 43.0. The summed E-state index contributed by atoms with van der Waals surface area (Å²) in [6.45, 7) is 19.8. The van der Waals surface area contributed by atoms with E-state index >= 15 is 4.39 Å². The van der Waals surface area contributed by atoms with Gasteiger partial charge in [-0.2, -0.15) is 0 Å². The van der Waals surface area contributed by atoms with Crippen molar-refractivity contribution in [3.8, 4) is 91.0 Å². The number of halogens is 6. The van der Waals surface area contributed by atoms with Gasteiger partial charge in [0.05, 0.1) is 233 Å². The highest BCUT2D eigenvalue weighted by Crippen LogP contribution is 2.54. The quantitative estimate of drug-likeness (QED) is 0.0220. The predicted molar refractivity (Wildman–Crippen MR) is 518 cm³/mol. The molecule has 4 saturated heterocycles. The largest absolute Gasteiger partial charge is 0.496 e. The van der Waals surface area contributed by atoms with Crippen LogP contribution in [0.3, 0.4) is 0 Å². The number of ketones is 2. The van der Waals surface area contributed by atoms with Gasteiger partial charge in [-0.05, 0) is 98.9 Å². The van der Waals surface area contributed by atoms with Gasteiger partial charge in [-0.1, -0.05) is 84.3 Å². The number of pyridine rings is 4. The Morgan fingerprint density at radius 2 is 0.676 bits per heavy atom. The number of hydrogen-bond acceptors (Lipinski definition) is 32. The van der Waals surface area contributed by atoms with Crippen LogP contribution in [0.2, 0.25) is 25.1 Å². The van der Waals surface area contributed by atoms with Crippen molar-refractivity contribution in [3.63, 3.8) is 0 Å². The number of hydrogen-bond donors (Lipinski definition) is 6. The van der Waals surface area contributed by atoms with Crippen molar-refractivity contribution in [2.75, 3.05) is 131 Å². The molecule has 17 rings (SSSR count). The minimum Gasteiger partial charge on any atom is -0.496 e. The first-order valence-corrected chi connectivity index (χ1v) is 44.9. The number of carbonyl (C=O) groups excluding carboxylic acids is 4. The number of carbonyl (C=O) groups is 4. The van der Waals surface area contributed by atoms with E-state index in [0.717, 1.165) is 69.8 Å². The maximum absolute atomic E-state index is 15.0. The third-order valence-electron chi connectivity index (χ3n) is 23.4. The minimum absolute atomic E-state index is 0.00470. The van der Waals surface area contributed by atoms with Crippen molar-refractivity contribution in [1.82, 2.24) is 70.4 Å². The molecular formula is C96H98Cl5FN18O16. The Balaban J connectivity index is 0.000000145. The molecule has 1 saturated carbocycles. The van der Waals surface area contributed by atoms with Gasteiger partial charge in [0.25, 0.3) is 0 Å². The molecule has 0 radical (unpaired) electrons. The lowest BCUT2D eigenvalue weighted by Crippen LogP contribution is -2.45. The highest BCUT2D eigenvalue weighted by atomic mass is 35.5. The Labute approximate surface area is 806 Å². The molecule has 710 valence electrons. The van der Waals surface area contributed by atoms with Crippen molar-refractivity contribution in [3.05, 3.63) is 191 Å². The molecule has 40 heteroatoms. The summed E-state index contributed by atoms with van der Waals surface area (Å²) in [4.78, 5) is 101. The first kappa shape index (κ1) is 98.9. The molecule has 12 heterocycles. The summed E-state index contributed by atoms with van der Waals surface area (Å²) in [5.74, 6) is 4.69. The van der Waals surface area contributed by atoms with Crippen LogP contribution in [-0.2, 0) is 38.1 Å². The van der Waals surface area contributed by atoms with Crippen LogP contribution >= 0.6 is 58.0 Å². The van der Waals surface area contributed by atoms with E-state index in [1.807, 2.05) is 25.1 Å². The van der Waals surface area contributed by atoms with Gasteiger partial charge in [0.15, 0.2) is 23.1 Å². The zero-order valence-corrected chi connectivity index (χ0v) is 79.4. The monoisotopic (exact) mass is 1950 g/mol. The Morgan fingerprint density at radius 1 is 0.368 bits per heavy atom. The van der Waals surface area contributed by atoms with Gasteiger partial charge < -0.3 is 88.7 Å². The van der Waals surface area contributed by atoms with Gasteiger partial charge in [-0.3, -0.25) is 39.1 Å². The number of methoxy groups -OCH3 is 8. The fraction of sp³-hybridized carbons (Fsp3) is 0.333. The number of nitrogens with zero attached hydrogens (tertiary/aromatic N) is 12. The summed E-state index contributed by atoms with van der Waals surface area (Å²) in [7, 11) is 12.2. The van der Waals surface area contributed by atoms with Crippen LogP contribution in [0.5, 0.6) is 46.0 Å². The van der Waals surface area contributed by atoms with Gasteiger partial charge in [0.1, 0.15) is 40.2 Å². The van der Waals surface area contributed by atoms with E-state index in [1.54, 1.807) is 96.1 Å². The van der Waals surface area contributed by atoms with Crippen molar-refractivity contribution in [2.45, 2.75) is 87.6 Å². The number of anilines is 4. The average Bonchev–Trinajstić information content (AvgIpc) is 1.54. The van der Waals surface area contributed by atoms with Gasteiger partial charge in [0.2, 0.25) is 35.6 Å². The number of benzene rings is 4. The Bertz CT molecular complexity index is 6260. The summed E-state index contributed by atoms with van der Waals surface area (Å²) in [6, 6.07) is 12.9. The highest BCUT2D eigenvalue weighted by molar-refractivity contribution is 6.41. The maximum Gasteiger partial charge on any atom is 0.243 e. The lowest BCUT2D eigenvalue weighted by Gasteiger charge is -2.31. The number of nitrogens with one attached hydrogen (secondary N) is 6. The first-order chi connectivity index (χ1) is 65.8. The van der Waals surface area contributed by atoms with Crippen molar-refractivity contribution >= 4 is 149 Å². The Kier molecular flexibility index (Phi) is 33.1. The lowest BCUT2D eigenvalue weighted by molar-refractivity contribution is -0.118. The lowest BCUT2D eigenvalue weighted by atomic mass is 9.90. The van der Waals surface area contributed by atoms with E-state index < -0.39 is 5.82 Å². The second kappa shape index (κ2) is 45.5. The van der Waals surface area contributed by atoms with E-state index in [2.05, 4.69) is 113 Å². The third-order valence-corrected chi connectivity index (χ3v) is 25.3. The molecule has 4 aliphatic heterocycles. The predicted octanol–water partition coefficient (Wildman–Crippen LogP) is 16.3. The molecule has 5 fully saturated rings. The molecular weight excluding hydrogens is 1860 g/mol. The molecule has 34 nitrogen and oxygen atoms in total. The number of rotatable bonds is 31. The number of aromatic nitrogens is 12. The van der Waals surface area contributed by atoms with Crippen LogP contribution in [-0.4, -0.2) is 229 Å². The smallest absolute Gasteiger partial charge is 0.243 e. The van der Waals surface area contributed by atoms with E-state index in [9.17, 15) is 19.2 Å². The summed E-state index contributed by atoms with van der Waals surface area (Å²) < 4.78 is 80.3. The average molecular weight is 1960 g/mol. The molecule has 1 aliphatic carbocycles. The molecule has 5 aliphatic rings. The summed E-state index contributed by atoms with van der Waals surface area (Å²) in [6.07, 6.45) is 23.0. The van der Waals surface area contributed by atoms with Crippen molar-refractivity contribution < 1.29 is 80.4 Å². The van der Waals surface area contributed by atoms with Crippen molar-refractivity contribution in [2.24, 2.45) is 11.8 Å². The second-order valence-corrected chi connectivity index (χ2v) is 33.7. The molecule has 0 bridgehead atoms. The van der Waals surface area contributed by atoms with E-state index in [-0.39, 0.29) is 93.6 Å². The molecule has 6 N–H and O–H groups in total. The second-order valence-electron chi connectivity index (χ2n) is 31.8. The summed E-state index contributed by atoms with van der Waals surface area (Å²) in [5.41, 5.74) is 8.73. The Hall–Kier alpha value is -13.1. The summed E-state index contributed by atoms with van der Waals surface area (Å²) >= 11 is 32.8. The fourth-order valence-electron chi connectivity index (χ4n) is 16.0. The van der Waals surface area contributed by atoms with E-state index in [4.69, 9.17) is 120 Å². The van der Waals surface area contributed by atoms with Gasteiger partial charge in [-0.25, -0.2) is 44.3 Å². The molecule has 12 aromatic rings. The Morgan fingerprint density at radius 3 is 1.04 bits per heavy atom. The van der Waals surface area contributed by atoms with Crippen LogP contribution in [0, 0.1) is 24.6 Å². The minimum atomic E-state index is -0.642. The zero-order chi connectivity index (χ0) is 96.5. The molecule has 0 spiro atoms. The number of ether oxygens (including phenoxy) is 12. The standard InChI is InChI=1S/C25H26ClN5O4.C24H24Cl2N4O4.C24H24ClFN4O4.C23H24ClN5O4/c1-4-21(32)29-17-11-35-12-18(17)31-25-28-9-14-7-15(27-10-16(14)30-25)23-22(13-5-6-13)19(33-2)8-20(34-3)24(23)26;2*1-4-15(31)7-13-5-6-34-12-18(13)30-24-28-10-14-8-16(27-11-17(14)29-24)21-22(25)19(32-2)9-20(33-3)23(21)26;1-5-20(30)27-16-10-33-11-17(16)29-23-26-8-13-6-14(25-9-15(13)28-23)21-12(2)18(31-3)7-19(32-4)22(21)24/h4,7-10,13,17-18H,1,5-6,11-12H2,2-3H3,(H,29,32)(H,28,30,31);2*4,8-11,13,18H,1,5-7,12H2,2-3H3,(H,28,29,30);5-9,16-17H,1,10-11H2,2-4H3,(H,27,30)(H,26,28,29)/t17-,18+;2*13-,18-;16-,17+/m0110/s1. The molecule has 0 unspecified atom stereocenters. The number of allylic oxidation sites excluding steroid dienone is 2. The molecule has 2 amide bonds. The number of amides is 2. The van der Waals surface area contributed by atoms with Crippen LogP contribution in [0.15, 0.2) is 149 Å². The SMILES string of the molecule is C=CC(=O)C[C@H]1CCOC[C@H]1Nc1ncc2cc(-c3c(Cl)c(OC)cc(OC)c3Cl)ncc2n1.C=CC(=O)C[C@H]1CCOC[C@H]1Nc1ncc2cc(-c3c(F)c(OC)cc(OC)c3Cl)ncc2n1.C=CC(=O)N[C@H]1COC[C@H]1Nc1ncc2cc(-c3c(C)c(OC)cc(OC)c3Cl)ncc2n1.C=CC(=O)N[C@H]1COC[C@H]1Nc1ncc2cc(-c3c(Cl)c(OC)cc(OC)c3C3CC3)ncc2n1. The maximum atomic E-state index is 15.0. The molecule has 8 aromatic heterocycles. The number of fused-ring (bicyclic) bond motifs is 4. The molecule has 4 aromatic carbocycles. The fourth-order valence-corrected chi connectivity index (χ4v) is 17.7. The highest BCUT2D eigenvalue weighted by Gasteiger charge is 2.37. The third kappa shape index (κ3) is 22.8. The van der Waals surface area contributed by atoms with Crippen LogP contribution in [0.4, 0.5) is 28.2 Å². The van der Waals surface area contributed by atoms with Gasteiger partial charge in [0, 0.05) is 124 Å². The van der Waals surface area contributed by atoms with Crippen LogP contribution in [0.1, 0.15) is 55.6 Å². The zero-order valence-electron chi connectivity index (χ0n) is 75.6. The molecule has 136 heavy (non-hydrogen) atoms. The van der Waals surface area contributed by atoms with Crippen LogP contribution in [0.25, 0.3) is 88.6 Å². The molecule has 8 atom stereocenters. The normalized spacial score (nSPS) is 18.2. The van der Waals surface area contributed by atoms with E-state index in [1.165, 1.54) is 65.0 Å². The van der Waals surface area contributed by atoms with E-state index in [0.29, 0.717) is 200 Å².